The van der Waals surface area contributed by atoms with E-state index < -0.39 is 29.6 Å². The Labute approximate surface area is 177 Å². The van der Waals surface area contributed by atoms with Crippen molar-refractivity contribution < 1.29 is 19.2 Å². The number of nitrogens with zero attached hydrogens (tertiary/aromatic N) is 3. The number of primary amides is 2. The molecule has 0 spiro atoms. The van der Waals surface area contributed by atoms with E-state index in [1.807, 2.05) is 0 Å². The Kier molecular flexibility index (Phi) is 12.9. The molecule has 0 radical (unpaired) electrons. The van der Waals surface area contributed by atoms with Crippen LogP contribution in [0.5, 0.6) is 0 Å². The predicted molar refractivity (Wildman–Crippen MR) is 112 cm³/mol. The maximum Gasteiger partial charge on any atom is 0.225 e. The predicted octanol–water partition coefficient (Wildman–Crippen LogP) is 0.831. The molecule has 0 aromatic carbocycles. The average molecular weight is 426 g/mol. The molecule has 0 aliphatic rings. The number of hydrogen-bond acceptors (Lipinski definition) is 5. The number of hydrogen-bond donors (Lipinski definition) is 4. The number of azide groups is 1. The Morgan fingerprint density at radius 2 is 1.33 bits per heavy atom. The summed E-state index contributed by atoms with van der Waals surface area (Å²) >= 11 is 0. The maximum atomic E-state index is 12.8. The van der Waals surface area contributed by atoms with Crippen molar-refractivity contribution in [3.63, 3.8) is 0 Å². The van der Waals surface area contributed by atoms with Crippen molar-refractivity contribution >= 4 is 23.6 Å². The molecule has 4 unspecified atom stereocenters. The summed E-state index contributed by atoms with van der Waals surface area (Å²) < 4.78 is 0. The zero-order valence-electron chi connectivity index (χ0n) is 18.3. The molecule has 11 nitrogen and oxygen atoms in total. The largest absolute Gasteiger partial charge is 0.369 e. The Balaban J connectivity index is 4.65. The van der Waals surface area contributed by atoms with Crippen molar-refractivity contribution in [2.45, 2.75) is 47.0 Å². The molecule has 4 atom stereocenters. The summed E-state index contributed by atoms with van der Waals surface area (Å²) in [5.41, 5.74) is 19.0. The first-order valence-corrected chi connectivity index (χ1v) is 10.2. The van der Waals surface area contributed by atoms with Crippen LogP contribution in [-0.2, 0) is 19.2 Å². The molecule has 0 aliphatic heterocycles. The second kappa shape index (κ2) is 14.2. The first-order chi connectivity index (χ1) is 14.0. The van der Waals surface area contributed by atoms with E-state index in [9.17, 15) is 19.2 Å². The summed E-state index contributed by atoms with van der Waals surface area (Å²) in [4.78, 5) is 49.9. The second-order valence-electron chi connectivity index (χ2n) is 7.72. The molecule has 0 aliphatic carbocycles. The lowest BCUT2D eigenvalue weighted by Crippen LogP contribution is -2.45. The summed E-state index contributed by atoms with van der Waals surface area (Å²) in [6, 6.07) is 0. The van der Waals surface area contributed by atoms with E-state index in [2.05, 4.69) is 20.7 Å². The fourth-order valence-electron chi connectivity index (χ4n) is 3.23. The smallest absolute Gasteiger partial charge is 0.225 e. The van der Waals surface area contributed by atoms with Crippen LogP contribution in [0.1, 0.15) is 47.0 Å². The molecule has 0 aromatic rings. The molecule has 0 fully saturated rings. The first-order valence-electron chi connectivity index (χ1n) is 10.2. The molecule has 4 amide bonds. The van der Waals surface area contributed by atoms with Gasteiger partial charge in [-0.25, -0.2) is 0 Å². The zero-order chi connectivity index (χ0) is 23.3. The summed E-state index contributed by atoms with van der Waals surface area (Å²) in [7, 11) is 0. The number of nitrogens with two attached hydrogens (primary N) is 2. The van der Waals surface area contributed by atoms with Gasteiger partial charge in [-0.05, 0) is 36.6 Å². The Bertz CT molecular complexity index is 623. The quantitative estimate of drug-likeness (QED) is 0.131. The third kappa shape index (κ3) is 9.60. The normalized spacial score (nSPS) is 15.6. The standard InChI is InChI=1S/C19H35N7O4/c1-11(13(3)17(20)28)16(12(2)14(4)18(21)29)19(30)24-9-7-5-6-8-23-15(27)10-25-26-22/h11-14,16H,5-10H2,1-4H3,(H2,20,28)(H2,21,29)(H,23,27)(H,24,30). The molecule has 30 heavy (non-hydrogen) atoms. The van der Waals surface area contributed by atoms with Gasteiger partial charge in [0.1, 0.15) is 6.54 Å². The molecule has 0 aromatic heterocycles. The molecule has 170 valence electrons. The van der Waals surface area contributed by atoms with Crippen LogP contribution in [0.3, 0.4) is 0 Å². The van der Waals surface area contributed by atoms with Crippen molar-refractivity contribution in [2.24, 2.45) is 46.2 Å². The highest BCUT2D eigenvalue weighted by Gasteiger charge is 2.38. The highest BCUT2D eigenvalue weighted by atomic mass is 16.2. The van der Waals surface area contributed by atoms with Gasteiger partial charge in [-0.15, -0.1) is 0 Å². The van der Waals surface area contributed by atoms with Gasteiger partial charge in [0.05, 0.1) is 0 Å². The van der Waals surface area contributed by atoms with Crippen LogP contribution in [0.2, 0.25) is 0 Å². The number of carbonyl (C=O) groups excluding carboxylic acids is 4. The lowest BCUT2D eigenvalue weighted by molar-refractivity contribution is -0.133. The van der Waals surface area contributed by atoms with Gasteiger partial charge in [-0.2, -0.15) is 0 Å². The van der Waals surface area contributed by atoms with Gasteiger partial charge in [0, 0.05) is 35.8 Å². The number of unbranched alkanes of at least 4 members (excludes halogenated alkanes) is 2. The van der Waals surface area contributed by atoms with Gasteiger partial charge < -0.3 is 22.1 Å². The third-order valence-corrected chi connectivity index (χ3v) is 5.66. The Morgan fingerprint density at radius 1 is 0.867 bits per heavy atom. The molecular formula is C19H35N7O4. The SMILES string of the molecule is CC(C(N)=O)C(C)C(C(=O)NCCCCCNC(=O)CN=[N+]=[N-])C(C)C(C)C(N)=O. The zero-order valence-corrected chi connectivity index (χ0v) is 18.3. The van der Waals surface area contributed by atoms with E-state index in [4.69, 9.17) is 17.0 Å². The van der Waals surface area contributed by atoms with E-state index in [0.717, 1.165) is 6.42 Å². The number of amides is 4. The number of rotatable bonds is 15. The van der Waals surface area contributed by atoms with Gasteiger partial charge in [-0.1, -0.05) is 32.8 Å². The van der Waals surface area contributed by atoms with Crippen LogP contribution in [0.25, 0.3) is 10.4 Å². The van der Waals surface area contributed by atoms with Crippen LogP contribution in [0.4, 0.5) is 0 Å². The summed E-state index contributed by atoms with van der Waals surface area (Å²) in [5, 5.41) is 8.68. The minimum atomic E-state index is -0.588. The van der Waals surface area contributed by atoms with Gasteiger partial charge in [0.2, 0.25) is 23.6 Å². The molecule has 0 saturated heterocycles. The van der Waals surface area contributed by atoms with Crippen LogP contribution in [0.15, 0.2) is 5.11 Å². The van der Waals surface area contributed by atoms with Crippen LogP contribution >= 0.6 is 0 Å². The average Bonchev–Trinajstić information content (AvgIpc) is 2.69. The fourth-order valence-corrected chi connectivity index (χ4v) is 3.23. The van der Waals surface area contributed by atoms with E-state index >= 15 is 0 Å². The first kappa shape index (κ1) is 27.2. The molecule has 0 heterocycles. The summed E-state index contributed by atoms with van der Waals surface area (Å²) in [6.45, 7) is 7.56. The van der Waals surface area contributed by atoms with Crippen LogP contribution in [-0.4, -0.2) is 43.3 Å². The minimum Gasteiger partial charge on any atom is -0.369 e. The van der Waals surface area contributed by atoms with E-state index in [0.29, 0.717) is 25.9 Å². The fraction of sp³-hybridized carbons (Fsp3) is 0.789. The van der Waals surface area contributed by atoms with E-state index in [1.165, 1.54) is 0 Å². The highest BCUT2D eigenvalue weighted by Crippen LogP contribution is 2.32. The highest BCUT2D eigenvalue weighted by molar-refractivity contribution is 5.83. The van der Waals surface area contributed by atoms with E-state index in [1.54, 1.807) is 27.7 Å². The molecule has 11 heteroatoms. The third-order valence-electron chi connectivity index (χ3n) is 5.66. The van der Waals surface area contributed by atoms with Crippen molar-refractivity contribution in [1.29, 1.82) is 0 Å². The lowest BCUT2D eigenvalue weighted by Gasteiger charge is -2.33. The molecule has 6 N–H and O–H groups in total. The van der Waals surface area contributed by atoms with Crippen LogP contribution in [0, 0.1) is 29.6 Å². The topological polar surface area (TPSA) is 193 Å². The monoisotopic (exact) mass is 425 g/mol. The van der Waals surface area contributed by atoms with Gasteiger partial charge >= 0.3 is 0 Å². The van der Waals surface area contributed by atoms with Gasteiger partial charge in [0.15, 0.2) is 0 Å². The number of nitrogens with one attached hydrogen (secondary N) is 2. The number of carbonyl (C=O) groups is 4. The van der Waals surface area contributed by atoms with Crippen LogP contribution < -0.4 is 22.1 Å². The lowest BCUT2D eigenvalue weighted by atomic mass is 9.72. The van der Waals surface area contributed by atoms with Crippen molar-refractivity contribution in [3.8, 4) is 0 Å². The maximum absolute atomic E-state index is 12.8. The Morgan fingerprint density at radius 3 is 1.77 bits per heavy atom. The van der Waals surface area contributed by atoms with Crippen molar-refractivity contribution in [3.05, 3.63) is 10.4 Å². The summed E-state index contributed by atoms with van der Waals surface area (Å²) in [6.07, 6.45) is 2.18. The summed E-state index contributed by atoms with van der Waals surface area (Å²) in [5.74, 6) is -3.93. The van der Waals surface area contributed by atoms with Crippen molar-refractivity contribution in [1.82, 2.24) is 10.6 Å². The molecule has 0 saturated carbocycles. The van der Waals surface area contributed by atoms with Gasteiger partial charge in [0.25, 0.3) is 0 Å². The Hall–Kier alpha value is -2.81. The van der Waals surface area contributed by atoms with E-state index in [-0.39, 0.29) is 30.2 Å². The minimum absolute atomic E-state index is 0.224. The van der Waals surface area contributed by atoms with Gasteiger partial charge in [-0.3, -0.25) is 19.2 Å². The molecular weight excluding hydrogens is 390 g/mol. The van der Waals surface area contributed by atoms with Crippen molar-refractivity contribution in [2.75, 3.05) is 19.6 Å². The molecule has 0 bridgehead atoms. The second-order valence-corrected chi connectivity index (χ2v) is 7.72. The molecule has 0 rings (SSSR count).